The Morgan fingerprint density at radius 3 is 2.12 bits per heavy atom. The smallest absolute Gasteiger partial charge is 0.0843 e. The van der Waals surface area contributed by atoms with E-state index in [9.17, 15) is 5.11 Å². The summed E-state index contributed by atoms with van der Waals surface area (Å²) < 4.78 is 0. The quantitative estimate of drug-likeness (QED) is 0.785. The number of benzene rings is 1. The van der Waals surface area contributed by atoms with Gasteiger partial charge in [0.1, 0.15) is 0 Å². The number of aliphatic hydroxyl groups is 1. The molecule has 1 aromatic rings. The molecule has 0 spiro atoms. The lowest BCUT2D eigenvalue weighted by Crippen LogP contribution is -2.24. The molecule has 0 radical (unpaired) electrons. The molecule has 0 bridgehead atoms. The molecule has 1 rings (SSSR count). The van der Waals surface area contributed by atoms with Crippen LogP contribution in [0.25, 0.3) is 6.08 Å². The van der Waals surface area contributed by atoms with Gasteiger partial charge in [0.2, 0.25) is 0 Å². The van der Waals surface area contributed by atoms with Crippen LogP contribution in [-0.2, 0) is 0 Å². The second-order valence-electron chi connectivity index (χ2n) is 4.63. The van der Waals surface area contributed by atoms with E-state index in [0.717, 1.165) is 24.0 Å². The maximum atomic E-state index is 10.4. The summed E-state index contributed by atoms with van der Waals surface area (Å²) in [4.78, 5) is 0. The molecule has 1 unspecified atom stereocenters. The van der Waals surface area contributed by atoms with Gasteiger partial charge in [-0.1, -0.05) is 57.7 Å². The van der Waals surface area contributed by atoms with Crippen molar-refractivity contribution in [2.75, 3.05) is 0 Å². The Morgan fingerprint density at radius 2 is 1.75 bits per heavy atom. The molecule has 0 aliphatic heterocycles. The van der Waals surface area contributed by atoms with Crippen LogP contribution < -0.4 is 0 Å². The van der Waals surface area contributed by atoms with Crippen LogP contribution in [0.1, 0.15) is 50.8 Å². The molecule has 0 fully saturated rings. The summed E-state index contributed by atoms with van der Waals surface area (Å²) in [5.41, 5.74) is 2.05. The van der Waals surface area contributed by atoms with E-state index in [2.05, 4.69) is 27.4 Å². The summed E-state index contributed by atoms with van der Waals surface area (Å²) >= 11 is 0. The van der Waals surface area contributed by atoms with Crippen LogP contribution in [0.2, 0.25) is 0 Å². The molecule has 0 aliphatic rings. The van der Waals surface area contributed by atoms with E-state index in [1.54, 1.807) is 0 Å². The summed E-state index contributed by atoms with van der Waals surface area (Å²) in [6.07, 6.45) is 3.39. The number of rotatable bonds is 5. The molecule has 1 heteroatoms. The molecule has 0 saturated carbocycles. The first-order chi connectivity index (χ1) is 7.57. The second-order valence-corrected chi connectivity index (χ2v) is 4.63. The first-order valence-electron chi connectivity index (χ1n) is 5.98. The van der Waals surface area contributed by atoms with Crippen LogP contribution in [-0.4, -0.2) is 5.11 Å². The zero-order chi connectivity index (χ0) is 12.2. The van der Waals surface area contributed by atoms with Crippen molar-refractivity contribution >= 4 is 6.08 Å². The van der Waals surface area contributed by atoms with Gasteiger partial charge in [-0.3, -0.25) is 0 Å². The summed E-state index contributed by atoms with van der Waals surface area (Å²) in [6.45, 7) is 10.1. The van der Waals surface area contributed by atoms with Crippen molar-refractivity contribution in [3.63, 3.8) is 0 Å². The van der Waals surface area contributed by atoms with E-state index in [4.69, 9.17) is 0 Å². The van der Waals surface area contributed by atoms with Crippen molar-refractivity contribution in [3.05, 3.63) is 42.0 Å². The van der Waals surface area contributed by atoms with E-state index in [1.165, 1.54) is 0 Å². The number of hydrogen-bond donors (Lipinski definition) is 1. The predicted octanol–water partition coefficient (Wildman–Crippen LogP) is 4.19. The normalized spacial score (nSPS) is 13.5. The van der Waals surface area contributed by atoms with Crippen LogP contribution in [0.15, 0.2) is 30.8 Å². The first kappa shape index (κ1) is 13.0. The van der Waals surface area contributed by atoms with Crippen LogP contribution >= 0.6 is 0 Å². The maximum Gasteiger partial charge on any atom is 0.0843 e. The minimum atomic E-state index is -0.388. The average molecular weight is 218 g/mol. The Hall–Kier alpha value is -1.08. The number of aliphatic hydroxyl groups excluding tert-OH is 1. The minimum Gasteiger partial charge on any atom is -0.388 e. The molecule has 16 heavy (non-hydrogen) atoms. The lowest BCUT2D eigenvalue weighted by molar-refractivity contribution is 0.0298. The largest absolute Gasteiger partial charge is 0.388 e. The van der Waals surface area contributed by atoms with Gasteiger partial charge in [-0.25, -0.2) is 0 Å². The summed E-state index contributed by atoms with van der Waals surface area (Å²) in [5.74, 6) is 0. The third kappa shape index (κ3) is 2.53. The Kier molecular flexibility index (Phi) is 4.31. The van der Waals surface area contributed by atoms with Crippen molar-refractivity contribution in [2.45, 2.75) is 39.7 Å². The third-order valence-corrected chi connectivity index (χ3v) is 3.76. The van der Waals surface area contributed by atoms with Gasteiger partial charge in [-0.05, 0) is 29.4 Å². The highest BCUT2D eigenvalue weighted by Gasteiger charge is 2.30. The van der Waals surface area contributed by atoms with Gasteiger partial charge in [0.25, 0.3) is 0 Å². The highest BCUT2D eigenvalue weighted by molar-refractivity contribution is 5.47. The SMILES string of the molecule is C=Cc1ccc(C(O)C(C)(CC)CC)cc1. The Balaban J connectivity index is 2.95. The Labute approximate surface area is 98.8 Å². The molecule has 1 atom stereocenters. The van der Waals surface area contributed by atoms with E-state index in [-0.39, 0.29) is 11.5 Å². The summed E-state index contributed by atoms with van der Waals surface area (Å²) in [5, 5.41) is 10.4. The topological polar surface area (TPSA) is 20.2 Å². The van der Waals surface area contributed by atoms with Crippen LogP contribution in [0, 0.1) is 5.41 Å². The average Bonchev–Trinajstić information content (AvgIpc) is 2.37. The maximum absolute atomic E-state index is 10.4. The first-order valence-corrected chi connectivity index (χ1v) is 5.98. The molecule has 0 aromatic heterocycles. The molecule has 0 saturated heterocycles. The minimum absolute atomic E-state index is 0.0320. The van der Waals surface area contributed by atoms with Gasteiger partial charge in [-0.2, -0.15) is 0 Å². The highest BCUT2D eigenvalue weighted by atomic mass is 16.3. The van der Waals surface area contributed by atoms with Gasteiger partial charge in [0, 0.05) is 0 Å². The molecule has 1 nitrogen and oxygen atoms in total. The van der Waals surface area contributed by atoms with Crippen molar-refractivity contribution < 1.29 is 5.11 Å². The van der Waals surface area contributed by atoms with Gasteiger partial charge < -0.3 is 5.11 Å². The Bertz CT molecular complexity index is 333. The molecule has 0 amide bonds. The number of hydrogen-bond acceptors (Lipinski definition) is 1. The second kappa shape index (κ2) is 5.31. The van der Waals surface area contributed by atoms with Crippen LogP contribution in [0.5, 0.6) is 0 Å². The van der Waals surface area contributed by atoms with Crippen LogP contribution in [0.3, 0.4) is 0 Å². The fraction of sp³-hybridized carbons (Fsp3) is 0.467. The van der Waals surface area contributed by atoms with Gasteiger partial charge in [0.15, 0.2) is 0 Å². The van der Waals surface area contributed by atoms with Crippen molar-refractivity contribution in [3.8, 4) is 0 Å². The third-order valence-electron chi connectivity index (χ3n) is 3.76. The zero-order valence-corrected chi connectivity index (χ0v) is 10.5. The zero-order valence-electron chi connectivity index (χ0n) is 10.5. The van der Waals surface area contributed by atoms with Gasteiger partial charge in [0.05, 0.1) is 6.10 Å². The fourth-order valence-corrected chi connectivity index (χ4v) is 1.85. The summed E-state index contributed by atoms with van der Waals surface area (Å²) in [6, 6.07) is 7.98. The molecule has 88 valence electrons. The standard InChI is InChI=1S/C15H22O/c1-5-12-8-10-13(11-9-12)14(16)15(4,6-2)7-3/h5,8-11,14,16H,1,6-7H2,2-4H3. The van der Waals surface area contributed by atoms with Crippen molar-refractivity contribution in [1.82, 2.24) is 0 Å². The molecular formula is C15H22O. The lowest BCUT2D eigenvalue weighted by Gasteiger charge is -2.32. The van der Waals surface area contributed by atoms with E-state index < -0.39 is 0 Å². The monoisotopic (exact) mass is 218 g/mol. The van der Waals surface area contributed by atoms with Crippen molar-refractivity contribution in [1.29, 1.82) is 0 Å². The van der Waals surface area contributed by atoms with Crippen LogP contribution in [0.4, 0.5) is 0 Å². The lowest BCUT2D eigenvalue weighted by atomic mass is 9.76. The van der Waals surface area contributed by atoms with E-state index in [1.807, 2.05) is 30.3 Å². The van der Waals surface area contributed by atoms with E-state index in [0.29, 0.717) is 0 Å². The molecular weight excluding hydrogens is 196 g/mol. The predicted molar refractivity (Wildman–Crippen MR) is 70.2 cm³/mol. The molecule has 1 N–H and O–H groups in total. The van der Waals surface area contributed by atoms with Crippen molar-refractivity contribution in [2.24, 2.45) is 5.41 Å². The summed E-state index contributed by atoms with van der Waals surface area (Å²) in [7, 11) is 0. The van der Waals surface area contributed by atoms with Gasteiger partial charge >= 0.3 is 0 Å². The molecule has 1 aromatic carbocycles. The van der Waals surface area contributed by atoms with Gasteiger partial charge in [-0.15, -0.1) is 0 Å². The molecule has 0 aliphatic carbocycles. The van der Waals surface area contributed by atoms with E-state index >= 15 is 0 Å². The fourth-order valence-electron chi connectivity index (χ4n) is 1.85. The highest BCUT2D eigenvalue weighted by Crippen LogP contribution is 2.39. The molecule has 0 heterocycles. The Morgan fingerprint density at radius 1 is 1.25 bits per heavy atom.